The van der Waals surface area contributed by atoms with Gasteiger partial charge in [-0.1, -0.05) is 24.3 Å². The molecule has 2 atom stereocenters. The number of nitrogens with zero attached hydrogens (tertiary/aromatic N) is 4. The summed E-state index contributed by atoms with van der Waals surface area (Å²) >= 11 is 0. The molecule has 6 heteroatoms. The number of para-hydroxylation sites is 1. The first-order valence-electron chi connectivity index (χ1n) is 9.51. The number of morpholine rings is 1. The van der Waals surface area contributed by atoms with Gasteiger partial charge in [-0.15, -0.1) is 0 Å². The largest absolute Gasteiger partial charge is 0.379 e. The average Bonchev–Trinajstić information content (AvgIpc) is 2.71. The fraction of sp³-hybridized carbons (Fsp3) is 0.318. The topological polar surface area (TPSA) is 74.1 Å². The van der Waals surface area contributed by atoms with E-state index in [0.29, 0.717) is 12.1 Å². The van der Waals surface area contributed by atoms with Crippen molar-refractivity contribution in [3.8, 4) is 6.07 Å². The fourth-order valence-corrected chi connectivity index (χ4v) is 3.68. The molecule has 1 saturated heterocycles. The normalized spacial score (nSPS) is 19.4. The number of anilines is 2. The summed E-state index contributed by atoms with van der Waals surface area (Å²) in [6.45, 7) is 6.47. The van der Waals surface area contributed by atoms with Crippen molar-refractivity contribution in [2.45, 2.75) is 32.6 Å². The van der Waals surface area contributed by atoms with Crippen LogP contribution in [0.2, 0.25) is 0 Å². The number of ether oxygens (including phenoxy) is 1. The van der Waals surface area contributed by atoms with Gasteiger partial charge >= 0.3 is 0 Å². The van der Waals surface area contributed by atoms with E-state index in [1.807, 2.05) is 30.5 Å². The predicted molar refractivity (Wildman–Crippen MR) is 110 cm³/mol. The van der Waals surface area contributed by atoms with E-state index in [1.54, 1.807) is 6.20 Å². The molecular weight excluding hydrogens is 350 g/mol. The zero-order valence-electron chi connectivity index (χ0n) is 16.1. The van der Waals surface area contributed by atoms with Crippen molar-refractivity contribution < 1.29 is 4.74 Å². The van der Waals surface area contributed by atoms with Gasteiger partial charge in [0, 0.05) is 37.4 Å². The van der Waals surface area contributed by atoms with Crippen molar-refractivity contribution in [1.82, 2.24) is 9.97 Å². The summed E-state index contributed by atoms with van der Waals surface area (Å²) in [5, 5.41) is 13.8. The number of hydrogen-bond acceptors (Lipinski definition) is 6. The molecule has 0 saturated carbocycles. The Hall–Kier alpha value is -3.17. The molecule has 1 N–H and O–H groups in total. The minimum absolute atomic E-state index is 0.205. The first-order valence-corrected chi connectivity index (χ1v) is 9.51. The number of pyridine rings is 2. The lowest BCUT2D eigenvalue weighted by Gasteiger charge is -2.36. The third-order valence-corrected chi connectivity index (χ3v) is 4.92. The quantitative estimate of drug-likeness (QED) is 0.751. The summed E-state index contributed by atoms with van der Waals surface area (Å²) in [6, 6.07) is 14.2. The van der Waals surface area contributed by atoms with E-state index in [9.17, 15) is 5.26 Å². The highest BCUT2D eigenvalue weighted by atomic mass is 16.5. The summed E-state index contributed by atoms with van der Waals surface area (Å²) in [7, 11) is 0. The number of rotatable bonds is 4. The molecule has 1 fully saturated rings. The molecule has 3 aromatic rings. The molecule has 6 nitrogen and oxygen atoms in total. The van der Waals surface area contributed by atoms with Crippen LogP contribution in [0.15, 0.2) is 48.8 Å². The van der Waals surface area contributed by atoms with Crippen molar-refractivity contribution >= 4 is 22.4 Å². The maximum absolute atomic E-state index is 9.44. The third kappa shape index (κ3) is 3.75. The smallest absolute Gasteiger partial charge is 0.128 e. The van der Waals surface area contributed by atoms with Crippen LogP contribution in [0.4, 0.5) is 11.5 Å². The number of benzene rings is 1. The maximum atomic E-state index is 9.44. The minimum Gasteiger partial charge on any atom is -0.379 e. The summed E-state index contributed by atoms with van der Waals surface area (Å²) in [5.74, 6) is 0.970. The molecular formula is C22H23N5O. The fourth-order valence-electron chi connectivity index (χ4n) is 3.68. The van der Waals surface area contributed by atoms with E-state index in [2.05, 4.69) is 52.2 Å². The lowest BCUT2D eigenvalue weighted by atomic mass is 10.1. The van der Waals surface area contributed by atoms with E-state index >= 15 is 0 Å². The minimum atomic E-state index is 0.205. The zero-order chi connectivity index (χ0) is 19.5. The second kappa shape index (κ2) is 7.83. The molecule has 1 aliphatic heterocycles. The van der Waals surface area contributed by atoms with E-state index in [1.165, 1.54) is 0 Å². The Kier molecular flexibility index (Phi) is 5.09. The maximum Gasteiger partial charge on any atom is 0.128 e. The first kappa shape index (κ1) is 18.2. The van der Waals surface area contributed by atoms with Crippen LogP contribution in [-0.4, -0.2) is 35.3 Å². The summed E-state index contributed by atoms with van der Waals surface area (Å²) in [6.07, 6.45) is 3.92. The molecule has 0 spiro atoms. The van der Waals surface area contributed by atoms with Gasteiger partial charge < -0.3 is 15.0 Å². The Morgan fingerprint density at radius 2 is 1.89 bits per heavy atom. The van der Waals surface area contributed by atoms with E-state index < -0.39 is 0 Å². The van der Waals surface area contributed by atoms with Gasteiger partial charge in [0.15, 0.2) is 0 Å². The highest BCUT2D eigenvalue weighted by Gasteiger charge is 2.23. The Morgan fingerprint density at radius 3 is 2.61 bits per heavy atom. The molecule has 2 unspecified atom stereocenters. The van der Waals surface area contributed by atoms with Gasteiger partial charge in [-0.3, -0.25) is 4.98 Å². The molecule has 0 radical (unpaired) electrons. The van der Waals surface area contributed by atoms with Gasteiger partial charge in [0.05, 0.1) is 29.0 Å². The van der Waals surface area contributed by atoms with Crippen LogP contribution in [0.3, 0.4) is 0 Å². The van der Waals surface area contributed by atoms with Gasteiger partial charge in [-0.05, 0) is 31.5 Å². The molecule has 2 aromatic heterocycles. The van der Waals surface area contributed by atoms with Crippen LogP contribution in [0.25, 0.3) is 10.9 Å². The molecule has 142 valence electrons. The van der Waals surface area contributed by atoms with Crippen molar-refractivity contribution in [1.29, 1.82) is 5.26 Å². The zero-order valence-corrected chi connectivity index (χ0v) is 16.1. The van der Waals surface area contributed by atoms with Crippen LogP contribution in [-0.2, 0) is 11.3 Å². The molecule has 28 heavy (non-hydrogen) atoms. The van der Waals surface area contributed by atoms with Gasteiger partial charge in [0.25, 0.3) is 0 Å². The first-order chi connectivity index (χ1) is 13.6. The monoisotopic (exact) mass is 373 g/mol. The number of hydrogen-bond donors (Lipinski definition) is 1. The van der Waals surface area contributed by atoms with E-state index in [0.717, 1.165) is 41.1 Å². The van der Waals surface area contributed by atoms with Crippen LogP contribution in [0.1, 0.15) is 25.0 Å². The van der Waals surface area contributed by atoms with E-state index in [4.69, 9.17) is 4.74 Å². The second-order valence-corrected chi connectivity index (χ2v) is 7.22. The third-order valence-electron chi connectivity index (χ3n) is 4.92. The molecule has 0 bridgehead atoms. The summed E-state index contributed by atoms with van der Waals surface area (Å²) in [5.41, 5.74) is 3.28. The van der Waals surface area contributed by atoms with Gasteiger partial charge in [0.2, 0.25) is 0 Å². The van der Waals surface area contributed by atoms with Crippen LogP contribution in [0, 0.1) is 11.3 Å². The van der Waals surface area contributed by atoms with Gasteiger partial charge in [0.1, 0.15) is 11.9 Å². The van der Waals surface area contributed by atoms with Crippen molar-refractivity contribution in [3.05, 3.63) is 59.9 Å². The lowest BCUT2D eigenvalue weighted by molar-refractivity contribution is -0.00545. The van der Waals surface area contributed by atoms with Gasteiger partial charge in [-0.2, -0.15) is 5.26 Å². The average molecular weight is 373 g/mol. The SMILES string of the molecule is CC1CN(c2ccc(CNc3c(C#N)cnc4ccccc34)cn2)CC(C)O1. The van der Waals surface area contributed by atoms with Crippen molar-refractivity contribution in [2.75, 3.05) is 23.3 Å². The molecule has 3 heterocycles. The number of aromatic nitrogens is 2. The predicted octanol–water partition coefficient (Wildman–Crippen LogP) is 3.73. The Bertz CT molecular complexity index is 1000. The molecule has 0 amide bonds. The Balaban J connectivity index is 1.50. The lowest BCUT2D eigenvalue weighted by Crippen LogP contribution is -2.45. The van der Waals surface area contributed by atoms with Crippen LogP contribution in [0.5, 0.6) is 0 Å². The van der Waals surface area contributed by atoms with Crippen LogP contribution < -0.4 is 10.2 Å². The Morgan fingerprint density at radius 1 is 1.11 bits per heavy atom. The molecule has 1 aliphatic rings. The highest BCUT2D eigenvalue weighted by Crippen LogP contribution is 2.26. The number of fused-ring (bicyclic) bond motifs is 1. The Labute approximate surface area is 164 Å². The number of nitriles is 1. The van der Waals surface area contributed by atoms with E-state index in [-0.39, 0.29) is 12.2 Å². The highest BCUT2D eigenvalue weighted by molar-refractivity contribution is 5.93. The van der Waals surface area contributed by atoms with Crippen molar-refractivity contribution in [3.63, 3.8) is 0 Å². The standard InChI is InChI=1S/C22H23N5O/c1-15-13-27(14-16(2)28-15)21-8-7-17(10-25-21)11-26-22-18(9-23)12-24-20-6-4-3-5-19(20)22/h3-8,10,12,15-16H,11,13-14H2,1-2H3,(H,24,26). The molecule has 0 aliphatic carbocycles. The summed E-state index contributed by atoms with van der Waals surface area (Å²) in [4.78, 5) is 11.3. The van der Waals surface area contributed by atoms with Crippen molar-refractivity contribution in [2.24, 2.45) is 0 Å². The van der Waals surface area contributed by atoms with Gasteiger partial charge in [-0.25, -0.2) is 4.98 Å². The summed E-state index contributed by atoms with van der Waals surface area (Å²) < 4.78 is 5.80. The second-order valence-electron chi connectivity index (χ2n) is 7.22. The molecule has 1 aromatic carbocycles. The number of nitrogens with one attached hydrogen (secondary N) is 1. The van der Waals surface area contributed by atoms with Crippen LogP contribution >= 0.6 is 0 Å². The molecule has 4 rings (SSSR count).